The third-order valence-electron chi connectivity index (χ3n) is 3.81. The van der Waals surface area contributed by atoms with Gasteiger partial charge in [0.1, 0.15) is 6.54 Å². The number of carbonyl (C=O) groups is 1. The molecule has 1 N–H and O–H groups in total. The van der Waals surface area contributed by atoms with Crippen LogP contribution in [0.4, 0.5) is 0 Å². The Labute approximate surface area is 127 Å². The molecule has 0 saturated carbocycles. The fourth-order valence-electron chi connectivity index (χ4n) is 2.80. The molecule has 1 aliphatic heterocycles. The summed E-state index contributed by atoms with van der Waals surface area (Å²) in [5, 5.41) is 18.5. The number of rotatable bonds is 4. The summed E-state index contributed by atoms with van der Waals surface area (Å²) >= 11 is 0. The Morgan fingerprint density at radius 2 is 2.41 bits per heavy atom. The van der Waals surface area contributed by atoms with Gasteiger partial charge in [0.05, 0.1) is 12.0 Å². The van der Waals surface area contributed by atoms with E-state index in [4.69, 9.17) is 4.52 Å². The quantitative estimate of drug-likeness (QED) is 0.865. The van der Waals surface area contributed by atoms with Crippen LogP contribution in [-0.4, -0.2) is 54.5 Å². The zero-order valence-electron chi connectivity index (χ0n) is 12.5. The zero-order chi connectivity index (χ0) is 15.6. The lowest BCUT2D eigenvalue weighted by Gasteiger charge is -2.38. The minimum Gasteiger partial charge on any atom is -0.388 e. The van der Waals surface area contributed by atoms with E-state index in [0.717, 1.165) is 6.42 Å². The van der Waals surface area contributed by atoms with Crippen LogP contribution in [0.25, 0.3) is 0 Å². The Kier molecular flexibility index (Phi) is 3.93. The summed E-state index contributed by atoms with van der Waals surface area (Å²) in [6.45, 7) is 2.83. The molecule has 2 aromatic heterocycles. The third kappa shape index (κ3) is 3.33. The summed E-state index contributed by atoms with van der Waals surface area (Å²) in [4.78, 5) is 18.1. The van der Waals surface area contributed by atoms with E-state index in [2.05, 4.69) is 15.2 Å². The van der Waals surface area contributed by atoms with Gasteiger partial charge in [-0.15, -0.1) is 0 Å². The molecule has 0 bridgehead atoms. The Morgan fingerprint density at radius 3 is 3.09 bits per heavy atom. The van der Waals surface area contributed by atoms with Crippen molar-refractivity contribution in [2.75, 3.05) is 13.1 Å². The first-order valence-corrected chi connectivity index (χ1v) is 7.31. The summed E-state index contributed by atoms with van der Waals surface area (Å²) in [7, 11) is 0. The standard InChI is InChI=1S/C14H19N5O3/c1-11-16-12(22-17-11)8-14(21)4-2-6-18(10-14)13(20)9-19-7-3-5-15-19/h3,5,7,21H,2,4,6,8-10H2,1H3. The molecule has 1 atom stereocenters. The van der Waals surface area contributed by atoms with Crippen LogP contribution in [-0.2, 0) is 17.8 Å². The van der Waals surface area contributed by atoms with E-state index in [1.54, 1.807) is 35.0 Å². The van der Waals surface area contributed by atoms with Gasteiger partial charge in [0, 0.05) is 25.5 Å². The molecule has 8 heteroatoms. The van der Waals surface area contributed by atoms with Gasteiger partial charge < -0.3 is 14.5 Å². The van der Waals surface area contributed by atoms with Crippen LogP contribution >= 0.6 is 0 Å². The molecule has 0 radical (unpaired) electrons. The number of β-amino-alcohol motifs (C(OH)–C–C–N with tert-alkyl or cyclic N) is 1. The Hall–Kier alpha value is -2.22. The number of carbonyl (C=O) groups excluding carboxylic acids is 1. The molecule has 1 saturated heterocycles. The summed E-state index contributed by atoms with van der Waals surface area (Å²) in [6, 6.07) is 1.78. The number of nitrogens with zero attached hydrogens (tertiary/aromatic N) is 5. The van der Waals surface area contributed by atoms with Crippen molar-refractivity contribution in [2.24, 2.45) is 0 Å². The first kappa shape index (κ1) is 14.7. The van der Waals surface area contributed by atoms with Crippen LogP contribution < -0.4 is 0 Å². The van der Waals surface area contributed by atoms with Crippen LogP contribution in [0.15, 0.2) is 23.0 Å². The van der Waals surface area contributed by atoms with Crippen molar-refractivity contribution >= 4 is 5.91 Å². The highest BCUT2D eigenvalue weighted by molar-refractivity contribution is 5.76. The lowest BCUT2D eigenvalue weighted by molar-refractivity contribution is -0.139. The molecule has 1 unspecified atom stereocenters. The summed E-state index contributed by atoms with van der Waals surface area (Å²) in [5.41, 5.74) is -1.02. The summed E-state index contributed by atoms with van der Waals surface area (Å²) in [6.07, 6.45) is 5.00. The molecule has 1 amide bonds. The number of piperidine rings is 1. The van der Waals surface area contributed by atoms with Crippen molar-refractivity contribution in [2.45, 2.75) is 38.3 Å². The Bertz CT molecular complexity index is 639. The molecule has 8 nitrogen and oxygen atoms in total. The van der Waals surface area contributed by atoms with E-state index in [9.17, 15) is 9.90 Å². The summed E-state index contributed by atoms with van der Waals surface area (Å²) in [5.74, 6) is 0.894. The van der Waals surface area contributed by atoms with Crippen molar-refractivity contribution in [3.05, 3.63) is 30.2 Å². The lowest BCUT2D eigenvalue weighted by Crippen LogP contribution is -2.52. The number of hydrogen-bond donors (Lipinski definition) is 1. The maximum atomic E-state index is 12.3. The van der Waals surface area contributed by atoms with Gasteiger partial charge in [-0.05, 0) is 25.8 Å². The second-order valence-corrected chi connectivity index (χ2v) is 5.76. The van der Waals surface area contributed by atoms with Gasteiger partial charge in [0.25, 0.3) is 0 Å². The van der Waals surface area contributed by atoms with Crippen LogP contribution in [0.5, 0.6) is 0 Å². The zero-order valence-corrected chi connectivity index (χ0v) is 12.5. The molecule has 0 aliphatic carbocycles. The predicted molar refractivity (Wildman–Crippen MR) is 75.7 cm³/mol. The fraction of sp³-hybridized carbons (Fsp3) is 0.571. The van der Waals surface area contributed by atoms with Gasteiger partial charge in [0.15, 0.2) is 5.82 Å². The normalized spacial score (nSPS) is 22.0. The molecule has 0 spiro atoms. The smallest absolute Gasteiger partial charge is 0.244 e. The molecule has 3 rings (SSSR count). The second kappa shape index (κ2) is 5.88. The first-order valence-electron chi connectivity index (χ1n) is 7.31. The maximum absolute atomic E-state index is 12.3. The minimum absolute atomic E-state index is 0.0523. The van der Waals surface area contributed by atoms with Gasteiger partial charge in [-0.3, -0.25) is 9.48 Å². The van der Waals surface area contributed by atoms with Gasteiger partial charge >= 0.3 is 0 Å². The van der Waals surface area contributed by atoms with Crippen LogP contribution in [0.1, 0.15) is 24.6 Å². The van der Waals surface area contributed by atoms with Crippen molar-refractivity contribution in [1.82, 2.24) is 24.8 Å². The predicted octanol–water partition coefficient (Wildman–Crippen LogP) is 0.171. The van der Waals surface area contributed by atoms with Gasteiger partial charge in [-0.2, -0.15) is 10.1 Å². The van der Waals surface area contributed by atoms with E-state index in [1.807, 2.05) is 0 Å². The largest absolute Gasteiger partial charge is 0.388 e. The molecule has 118 valence electrons. The molecular weight excluding hydrogens is 286 g/mol. The Balaban J connectivity index is 1.63. The number of amides is 1. The molecule has 1 aliphatic rings. The number of aryl methyl sites for hydroxylation is 1. The van der Waals surface area contributed by atoms with Crippen LogP contribution in [0.3, 0.4) is 0 Å². The molecular formula is C14H19N5O3. The second-order valence-electron chi connectivity index (χ2n) is 5.76. The first-order chi connectivity index (χ1) is 10.5. The fourth-order valence-corrected chi connectivity index (χ4v) is 2.80. The van der Waals surface area contributed by atoms with E-state index in [-0.39, 0.29) is 25.4 Å². The highest BCUT2D eigenvalue weighted by Crippen LogP contribution is 2.25. The Morgan fingerprint density at radius 1 is 1.55 bits per heavy atom. The summed E-state index contributed by atoms with van der Waals surface area (Å²) < 4.78 is 6.66. The number of aliphatic hydroxyl groups is 1. The molecule has 22 heavy (non-hydrogen) atoms. The average molecular weight is 305 g/mol. The van der Waals surface area contributed by atoms with Crippen molar-refractivity contribution in [1.29, 1.82) is 0 Å². The van der Waals surface area contributed by atoms with E-state index >= 15 is 0 Å². The lowest BCUT2D eigenvalue weighted by atomic mass is 9.89. The highest BCUT2D eigenvalue weighted by Gasteiger charge is 2.37. The monoisotopic (exact) mass is 305 g/mol. The topological polar surface area (TPSA) is 97.3 Å². The minimum atomic E-state index is -1.02. The highest BCUT2D eigenvalue weighted by atomic mass is 16.5. The van der Waals surface area contributed by atoms with Crippen molar-refractivity contribution < 1.29 is 14.4 Å². The number of likely N-dealkylation sites (tertiary alicyclic amines) is 1. The van der Waals surface area contributed by atoms with Crippen LogP contribution in [0, 0.1) is 6.92 Å². The molecule has 0 aromatic carbocycles. The number of aromatic nitrogens is 4. The number of hydrogen-bond acceptors (Lipinski definition) is 6. The molecule has 1 fully saturated rings. The SMILES string of the molecule is Cc1noc(CC2(O)CCCN(C(=O)Cn3cccn3)C2)n1. The van der Waals surface area contributed by atoms with Crippen molar-refractivity contribution in [3.63, 3.8) is 0 Å². The van der Waals surface area contributed by atoms with E-state index < -0.39 is 5.60 Å². The van der Waals surface area contributed by atoms with Gasteiger partial charge in [0.2, 0.25) is 11.8 Å². The van der Waals surface area contributed by atoms with Gasteiger partial charge in [-0.25, -0.2) is 0 Å². The van der Waals surface area contributed by atoms with Crippen LogP contribution in [0.2, 0.25) is 0 Å². The molecule has 3 heterocycles. The van der Waals surface area contributed by atoms with Crippen molar-refractivity contribution in [3.8, 4) is 0 Å². The van der Waals surface area contributed by atoms with E-state index in [1.165, 1.54) is 0 Å². The average Bonchev–Trinajstić information content (AvgIpc) is 3.10. The van der Waals surface area contributed by atoms with Gasteiger partial charge in [-0.1, -0.05) is 5.16 Å². The molecule has 2 aromatic rings. The van der Waals surface area contributed by atoms with E-state index in [0.29, 0.717) is 24.7 Å². The maximum Gasteiger partial charge on any atom is 0.244 e. The third-order valence-corrected chi connectivity index (χ3v) is 3.81.